The smallest absolute Gasteiger partial charge is 0.221 e. The average Bonchev–Trinajstić information content (AvgIpc) is 3.15. The zero-order valence-electron chi connectivity index (χ0n) is 17.3. The summed E-state index contributed by atoms with van der Waals surface area (Å²) >= 11 is 0. The van der Waals surface area contributed by atoms with Crippen LogP contribution in [0.5, 0.6) is 0 Å². The maximum absolute atomic E-state index is 13.1. The van der Waals surface area contributed by atoms with Crippen molar-refractivity contribution in [2.24, 2.45) is 0 Å². The molecule has 29 heavy (non-hydrogen) atoms. The first-order valence-electron chi connectivity index (χ1n) is 10.1. The summed E-state index contributed by atoms with van der Waals surface area (Å²) < 4.78 is 7.74. The molecular formula is C23H28N4O2. The summed E-state index contributed by atoms with van der Waals surface area (Å²) in [5.41, 5.74) is 3.68. The van der Waals surface area contributed by atoms with Crippen molar-refractivity contribution in [3.63, 3.8) is 0 Å². The van der Waals surface area contributed by atoms with E-state index in [0.29, 0.717) is 19.6 Å². The number of hydrogen-bond acceptors (Lipinski definition) is 4. The minimum Gasteiger partial charge on any atom is -0.376 e. The molecule has 0 bridgehead atoms. The van der Waals surface area contributed by atoms with Gasteiger partial charge in [-0.25, -0.2) is 9.50 Å². The van der Waals surface area contributed by atoms with Crippen molar-refractivity contribution in [1.29, 1.82) is 0 Å². The van der Waals surface area contributed by atoms with E-state index in [1.165, 1.54) is 17.5 Å². The molecule has 3 heterocycles. The van der Waals surface area contributed by atoms with Gasteiger partial charge in [0.05, 0.1) is 17.8 Å². The Morgan fingerprint density at radius 3 is 2.83 bits per heavy atom. The van der Waals surface area contributed by atoms with Crippen molar-refractivity contribution in [3.05, 3.63) is 65.6 Å². The van der Waals surface area contributed by atoms with Gasteiger partial charge in [0.2, 0.25) is 5.91 Å². The van der Waals surface area contributed by atoms with Crippen LogP contribution in [0.1, 0.15) is 49.9 Å². The topological polar surface area (TPSA) is 68.5 Å². The number of nitrogens with one attached hydrogen (secondary N) is 1. The van der Waals surface area contributed by atoms with E-state index in [0.717, 1.165) is 24.2 Å². The second kappa shape index (κ2) is 7.59. The first kappa shape index (κ1) is 19.6. The lowest BCUT2D eigenvalue weighted by Gasteiger charge is -2.45. The maximum Gasteiger partial charge on any atom is 0.221 e. The lowest BCUT2D eigenvalue weighted by atomic mass is 9.66. The van der Waals surface area contributed by atoms with E-state index >= 15 is 0 Å². The second-order valence-corrected chi connectivity index (χ2v) is 8.63. The van der Waals surface area contributed by atoms with E-state index < -0.39 is 0 Å². The van der Waals surface area contributed by atoms with Crippen molar-refractivity contribution in [2.75, 3.05) is 6.61 Å². The summed E-state index contributed by atoms with van der Waals surface area (Å²) in [5.74, 6) is 0.0445. The number of hydrogen-bond donors (Lipinski definition) is 1. The van der Waals surface area contributed by atoms with Gasteiger partial charge >= 0.3 is 0 Å². The van der Waals surface area contributed by atoms with Gasteiger partial charge < -0.3 is 10.1 Å². The molecule has 1 N–H and O–H groups in total. The highest BCUT2D eigenvalue weighted by Gasteiger charge is 2.44. The molecule has 3 aromatic rings. The Kier molecular flexibility index (Phi) is 5.13. The molecule has 6 nitrogen and oxygen atoms in total. The van der Waals surface area contributed by atoms with Crippen LogP contribution in [0.15, 0.2) is 48.8 Å². The quantitative estimate of drug-likeness (QED) is 0.721. The van der Waals surface area contributed by atoms with E-state index in [-0.39, 0.29) is 16.9 Å². The van der Waals surface area contributed by atoms with Gasteiger partial charge in [-0.15, -0.1) is 0 Å². The zero-order chi connectivity index (χ0) is 20.5. The second-order valence-electron chi connectivity index (χ2n) is 8.63. The fraction of sp³-hybridized carbons (Fsp3) is 0.435. The van der Waals surface area contributed by atoms with E-state index in [2.05, 4.69) is 60.4 Å². The molecule has 1 fully saturated rings. The number of pyridine rings is 1. The van der Waals surface area contributed by atoms with Crippen molar-refractivity contribution in [1.82, 2.24) is 19.9 Å². The Hall–Kier alpha value is -2.73. The molecular weight excluding hydrogens is 364 g/mol. The highest BCUT2D eigenvalue weighted by Crippen LogP contribution is 2.45. The number of rotatable bonds is 5. The Bertz CT molecular complexity index is 1030. The van der Waals surface area contributed by atoms with Crippen LogP contribution in [0.3, 0.4) is 0 Å². The largest absolute Gasteiger partial charge is 0.376 e. The number of benzene rings is 1. The summed E-state index contributed by atoms with van der Waals surface area (Å²) in [6.45, 7) is 7.43. The SMILES string of the molecule is Cc1ccccc1C1(CC(=O)NCc2cccc3ncnn23)CCOC(C)(C)C1. The number of nitrogens with zero attached hydrogens (tertiary/aromatic N) is 3. The Labute approximate surface area is 171 Å². The Balaban J connectivity index is 1.55. The van der Waals surface area contributed by atoms with Crippen LogP contribution in [0.25, 0.3) is 5.65 Å². The van der Waals surface area contributed by atoms with Gasteiger partial charge in [0.15, 0.2) is 5.65 Å². The highest BCUT2D eigenvalue weighted by molar-refractivity contribution is 5.77. The minimum atomic E-state index is -0.257. The summed E-state index contributed by atoms with van der Waals surface area (Å²) in [4.78, 5) is 17.3. The molecule has 4 rings (SSSR count). The first-order valence-corrected chi connectivity index (χ1v) is 10.1. The number of ether oxygens (including phenoxy) is 1. The Morgan fingerprint density at radius 1 is 1.21 bits per heavy atom. The number of carbonyl (C=O) groups is 1. The molecule has 0 aliphatic carbocycles. The van der Waals surface area contributed by atoms with Crippen LogP contribution < -0.4 is 5.32 Å². The molecule has 6 heteroatoms. The van der Waals surface area contributed by atoms with Crippen molar-refractivity contribution in [2.45, 2.75) is 57.6 Å². The van der Waals surface area contributed by atoms with Gasteiger partial charge in [-0.3, -0.25) is 4.79 Å². The summed E-state index contributed by atoms with van der Waals surface area (Å²) in [6, 6.07) is 14.2. The van der Waals surface area contributed by atoms with E-state index in [4.69, 9.17) is 4.74 Å². The van der Waals surface area contributed by atoms with Crippen LogP contribution in [0.4, 0.5) is 0 Å². The monoisotopic (exact) mass is 392 g/mol. The van der Waals surface area contributed by atoms with E-state index in [1.54, 1.807) is 4.52 Å². The predicted molar refractivity (Wildman–Crippen MR) is 112 cm³/mol. The fourth-order valence-corrected chi connectivity index (χ4v) is 4.72. The third-order valence-corrected chi connectivity index (χ3v) is 5.90. The molecule has 0 radical (unpaired) electrons. The number of aryl methyl sites for hydroxylation is 1. The van der Waals surface area contributed by atoms with E-state index in [9.17, 15) is 4.79 Å². The number of aromatic nitrogens is 3. The molecule has 1 aliphatic rings. The molecule has 1 atom stereocenters. The molecule has 2 aromatic heterocycles. The van der Waals surface area contributed by atoms with Crippen LogP contribution >= 0.6 is 0 Å². The van der Waals surface area contributed by atoms with Crippen molar-refractivity contribution < 1.29 is 9.53 Å². The normalized spacial score (nSPS) is 21.2. The number of amides is 1. The molecule has 1 saturated heterocycles. The molecule has 0 saturated carbocycles. The molecule has 1 aliphatic heterocycles. The van der Waals surface area contributed by atoms with Crippen molar-refractivity contribution in [3.8, 4) is 0 Å². The summed E-state index contributed by atoms with van der Waals surface area (Å²) in [6.07, 6.45) is 3.63. The average molecular weight is 393 g/mol. The molecule has 1 aromatic carbocycles. The lowest BCUT2D eigenvalue weighted by molar-refractivity contribution is -0.126. The predicted octanol–water partition coefficient (Wildman–Crippen LogP) is 3.57. The third kappa shape index (κ3) is 4.03. The van der Waals surface area contributed by atoms with Crippen LogP contribution in [-0.2, 0) is 21.5 Å². The molecule has 152 valence electrons. The highest BCUT2D eigenvalue weighted by atomic mass is 16.5. The first-order chi connectivity index (χ1) is 13.9. The minimum absolute atomic E-state index is 0.0445. The van der Waals surface area contributed by atoms with Crippen LogP contribution in [0.2, 0.25) is 0 Å². The molecule has 0 spiro atoms. The molecule has 1 amide bonds. The number of carbonyl (C=O) groups excluding carboxylic acids is 1. The Morgan fingerprint density at radius 2 is 2.03 bits per heavy atom. The maximum atomic E-state index is 13.1. The van der Waals surface area contributed by atoms with Crippen LogP contribution in [0, 0.1) is 6.92 Å². The zero-order valence-corrected chi connectivity index (χ0v) is 17.3. The van der Waals surface area contributed by atoms with Crippen LogP contribution in [-0.4, -0.2) is 32.7 Å². The van der Waals surface area contributed by atoms with Gasteiger partial charge in [-0.1, -0.05) is 30.3 Å². The van der Waals surface area contributed by atoms with Crippen molar-refractivity contribution >= 4 is 11.6 Å². The van der Waals surface area contributed by atoms with Gasteiger partial charge in [0.1, 0.15) is 6.33 Å². The fourth-order valence-electron chi connectivity index (χ4n) is 4.72. The van der Waals surface area contributed by atoms with E-state index in [1.807, 2.05) is 18.2 Å². The third-order valence-electron chi connectivity index (χ3n) is 5.90. The summed E-state index contributed by atoms with van der Waals surface area (Å²) in [5, 5.41) is 7.34. The van der Waals surface area contributed by atoms with Gasteiger partial charge in [0.25, 0.3) is 0 Å². The summed E-state index contributed by atoms with van der Waals surface area (Å²) in [7, 11) is 0. The molecule has 1 unspecified atom stereocenters. The standard InChI is InChI=1S/C23H28N4O2/c1-17-7-4-5-9-19(17)23(11-12-29-22(2,3)15-23)13-21(28)24-14-18-8-6-10-20-25-16-26-27(18)20/h4-10,16H,11-15H2,1-3H3,(H,24,28). The lowest BCUT2D eigenvalue weighted by Crippen LogP contribution is -2.46. The number of fused-ring (bicyclic) bond motifs is 1. The van der Waals surface area contributed by atoms with Gasteiger partial charge in [-0.2, -0.15) is 5.10 Å². The van der Waals surface area contributed by atoms with Gasteiger partial charge in [-0.05, 0) is 56.9 Å². The van der Waals surface area contributed by atoms with Gasteiger partial charge in [0, 0.05) is 18.4 Å².